The van der Waals surface area contributed by atoms with Crippen LogP contribution in [0.15, 0.2) is 94.7 Å². The average molecular weight is 366 g/mol. The summed E-state index contributed by atoms with van der Waals surface area (Å²) in [6.07, 6.45) is 2.01. The van der Waals surface area contributed by atoms with Gasteiger partial charge in [0.2, 0.25) is 5.91 Å². The first-order valence-corrected chi connectivity index (χ1v) is 10.1. The maximum atomic E-state index is 13.0. The van der Waals surface area contributed by atoms with Gasteiger partial charge in [0.25, 0.3) is 0 Å². The molecule has 3 rings (SSSR count). The highest BCUT2D eigenvalue weighted by molar-refractivity contribution is 8.00. The Bertz CT molecular complexity index is 822. The van der Waals surface area contributed by atoms with Crippen LogP contribution in [0.1, 0.15) is 10.8 Å². The normalized spacial score (nSPS) is 11.7. The highest BCUT2D eigenvalue weighted by Crippen LogP contribution is 2.36. The highest BCUT2D eigenvalue weighted by Gasteiger charge is 2.22. The van der Waals surface area contributed by atoms with E-state index in [0.717, 1.165) is 21.0 Å². The molecule has 3 aromatic rings. The molecular formula is C21H19NOS2. The van der Waals surface area contributed by atoms with Crippen molar-refractivity contribution in [2.45, 2.75) is 15.0 Å². The van der Waals surface area contributed by atoms with E-state index >= 15 is 0 Å². The molecule has 0 aliphatic heterocycles. The first-order valence-electron chi connectivity index (χ1n) is 7.98. The Hall–Kier alpha value is -2.17. The highest BCUT2D eigenvalue weighted by atomic mass is 32.2. The molecule has 1 amide bonds. The quantitative estimate of drug-likeness (QED) is 0.553. The molecule has 2 nitrogen and oxygen atoms in total. The number of hydrogen-bond donors (Lipinski definition) is 1. The van der Waals surface area contributed by atoms with Crippen LogP contribution in [0, 0.1) is 0 Å². The third-order valence-corrected chi connectivity index (χ3v) is 5.76. The molecular weight excluding hydrogens is 346 g/mol. The molecule has 4 heteroatoms. The van der Waals surface area contributed by atoms with Gasteiger partial charge in [0.05, 0.1) is 5.69 Å². The van der Waals surface area contributed by atoms with Crippen LogP contribution in [0.3, 0.4) is 0 Å². The Morgan fingerprint density at radius 3 is 2.12 bits per heavy atom. The summed E-state index contributed by atoms with van der Waals surface area (Å²) in [4.78, 5) is 15.2. The zero-order valence-corrected chi connectivity index (χ0v) is 15.5. The molecule has 1 N–H and O–H groups in total. The third kappa shape index (κ3) is 4.68. The second-order valence-electron chi connectivity index (χ2n) is 5.41. The molecule has 0 fully saturated rings. The Labute approximate surface area is 157 Å². The van der Waals surface area contributed by atoms with E-state index in [1.165, 1.54) is 0 Å². The summed E-state index contributed by atoms with van der Waals surface area (Å²) in [7, 11) is 0. The van der Waals surface area contributed by atoms with E-state index in [-0.39, 0.29) is 11.2 Å². The van der Waals surface area contributed by atoms with Gasteiger partial charge < -0.3 is 5.32 Å². The smallest absolute Gasteiger partial charge is 0.242 e. The number of benzene rings is 3. The van der Waals surface area contributed by atoms with Crippen molar-refractivity contribution in [2.24, 2.45) is 0 Å². The Morgan fingerprint density at radius 1 is 0.840 bits per heavy atom. The monoisotopic (exact) mass is 365 g/mol. The van der Waals surface area contributed by atoms with Crippen LogP contribution in [0.2, 0.25) is 0 Å². The summed E-state index contributed by atoms with van der Waals surface area (Å²) in [6, 6.07) is 27.8. The van der Waals surface area contributed by atoms with Crippen LogP contribution in [0.4, 0.5) is 5.69 Å². The summed E-state index contributed by atoms with van der Waals surface area (Å²) >= 11 is 3.19. The van der Waals surface area contributed by atoms with Crippen molar-refractivity contribution >= 4 is 35.1 Å². The van der Waals surface area contributed by atoms with Gasteiger partial charge in [0.15, 0.2) is 0 Å². The van der Waals surface area contributed by atoms with Crippen molar-refractivity contribution in [1.82, 2.24) is 0 Å². The molecule has 0 aromatic heterocycles. The van der Waals surface area contributed by atoms with E-state index in [2.05, 4.69) is 5.32 Å². The number of amides is 1. The lowest BCUT2D eigenvalue weighted by molar-refractivity contribution is -0.115. The van der Waals surface area contributed by atoms with E-state index in [0.29, 0.717) is 0 Å². The van der Waals surface area contributed by atoms with Gasteiger partial charge in [-0.05, 0) is 36.1 Å². The molecule has 0 unspecified atom stereocenters. The van der Waals surface area contributed by atoms with Gasteiger partial charge in [-0.15, -0.1) is 23.5 Å². The topological polar surface area (TPSA) is 29.1 Å². The molecule has 1 atom stereocenters. The van der Waals surface area contributed by atoms with Crippen molar-refractivity contribution in [3.63, 3.8) is 0 Å². The molecule has 0 saturated heterocycles. The van der Waals surface area contributed by atoms with Crippen LogP contribution in [-0.4, -0.2) is 12.2 Å². The number of rotatable bonds is 6. The summed E-state index contributed by atoms with van der Waals surface area (Å²) in [5, 5.41) is 2.79. The fraction of sp³-hybridized carbons (Fsp3) is 0.0952. The molecule has 0 spiro atoms. The number of thioether (sulfide) groups is 2. The molecule has 3 aromatic carbocycles. The maximum Gasteiger partial charge on any atom is 0.242 e. The number of anilines is 1. The number of para-hydroxylation sites is 1. The molecule has 0 saturated carbocycles. The zero-order valence-electron chi connectivity index (χ0n) is 13.9. The maximum absolute atomic E-state index is 13.0. The molecule has 0 radical (unpaired) electrons. The predicted octanol–water partition coefficient (Wildman–Crippen LogP) is 5.88. The van der Waals surface area contributed by atoms with Crippen molar-refractivity contribution in [3.8, 4) is 0 Å². The fourth-order valence-corrected chi connectivity index (χ4v) is 4.08. The molecule has 0 aliphatic rings. The minimum absolute atomic E-state index is 0.0125. The van der Waals surface area contributed by atoms with Crippen molar-refractivity contribution in [2.75, 3.05) is 11.6 Å². The van der Waals surface area contributed by atoms with Crippen LogP contribution in [-0.2, 0) is 4.79 Å². The number of hydrogen-bond acceptors (Lipinski definition) is 3. The van der Waals surface area contributed by atoms with Crippen molar-refractivity contribution in [1.29, 1.82) is 0 Å². The van der Waals surface area contributed by atoms with Gasteiger partial charge in [-0.25, -0.2) is 0 Å². The lowest BCUT2D eigenvalue weighted by atomic mass is 10.1. The van der Waals surface area contributed by atoms with Crippen LogP contribution in [0.5, 0.6) is 0 Å². The predicted molar refractivity (Wildman–Crippen MR) is 108 cm³/mol. The Morgan fingerprint density at radius 2 is 1.44 bits per heavy atom. The second-order valence-corrected chi connectivity index (χ2v) is 7.44. The van der Waals surface area contributed by atoms with Crippen molar-refractivity contribution < 1.29 is 4.79 Å². The minimum Gasteiger partial charge on any atom is -0.324 e. The second kappa shape index (κ2) is 8.79. The van der Waals surface area contributed by atoms with Gasteiger partial charge in [-0.1, -0.05) is 60.7 Å². The van der Waals surface area contributed by atoms with E-state index in [9.17, 15) is 4.79 Å². The summed E-state index contributed by atoms with van der Waals surface area (Å²) in [5.41, 5.74) is 1.85. The number of carbonyl (C=O) groups is 1. The Balaban J connectivity index is 1.87. The van der Waals surface area contributed by atoms with E-state index in [1.54, 1.807) is 23.5 Å². The van der Waals surface area contributed by atoms with Crippen molar-refractivity contribution in [3.05, 3.63) is 90.5 Å². The first-order chi connectivity index (χ1) is 12.3. The Kier molecular flexibility index (Phi) is 6.20. The number of nitrogens with one attached hydrogen (secondary N) is 1. The molecule has 126 valence electrons. The lowest BCUT2D eigenvalue weighted by Crippen LogP contribution is -2.19. The molecule has 25 heavy (non-hydrogen) atoms. The van der Waals surface area contributed by atoms with E-state index in [4.69, 9.17) is 0 Å². The van der Waals surface area contributed by atoms with Gasteiger partial charge in [0, 0.05) is 9.79 Å². The SMILES string of the molecule is CSc1ccccc1NC(=O)[C@H](Sc1ccccc1)c1ccccc1. The first kappa shape index (κ1) is 17.6. The summed E-state index contributed by atoms with van der Waals surface area (Å²) in [6.45, 7) is 0. The molecule has 0 bridgehead atoms. The summed E-state index contributed by atoms with van der Waals surface area (Å²) < 4.78 is 0. The fourth-order valence-electron chi connectivity index (χ4n) is 2.48. The van der Waals surface area contributed by atoms with Gasteiger partial charge in [-0.2, -0.15) is 0 Å². The standard InChI is InChI=1S/C21H19NOS2/c1-24-19-15-9-8-14-18(19)22-21(23)20(16-10-4-2-5-11-16)25-17-12-6-3-7-13-17/h2-15,20H,1H3,(H,22,23)/t20-/m1/s1. The van der Waals surface area contributed by atoms with Crippen LogP contribution < -0.4 is 5.32 Å². The van der Waals surface area contributed by atoms with E-state index < -0.39 is 0 Å². The largest absolute Gasteiger partial charge is 0.324 e. The minimum atomic E-state index is -0.307. The van der Waals surface area contributed by atoms with Gasteiger partial charge >= 0.3 is 0 Å². The van der Waals surface area contributed by atoms with E-state index in [1.807, 2.05) is 91.2 Å². The van der Waals surface area contributed by atoms with Gasteiger partial charge in [-0.3, -0.25) is 4.79 Å². The van der Waals surface area contributed by atoms with Gasteiger partial charge in [0.1, 0.15) is 5.25 Å². The third-order valence-electron chi connectivity index (χ3n) is 3.70. The van der Waals surface area contributed by atoms with Crippen LogP contribution in [0.25, 0.3) is 0 Å². The average Bonchev–Trinajstić information content (AvgIpc) is 2.68. The molecule has 0 heterocycles. The zero-order chi connectivity index (χ0) is 17.5. The van der Waals surface area contributed by atoms with Crippen LogP contribution >= 0.6 is 23.5 Å². The number of carbonyl (C=O) groups excluding carboxylic acids is 1. The molecule has 0 aliphatic carbocycles. The lowest BCUT2D eigenvalue weighted by Gasteiger charge is -2.18. The summed E-state index contributed by atoms with van der Waals surface area (Å²) in [5.74, 6) is -0.0125.